The maximum atomic E-state index is 12.1. The number of pyridine rings is 1. The van der Waals surface area contributed by atoms with Crippen molar-refractivity contribution in [3.05, 3.63) is 31.0 Å². The number of anilines is 1. The highest BCUT2D eigenvalue weighted by molar-refractivity contribution is 5.76. The lowest BCUT2D eigenvalue weighted by atomic mass is 10.2. The van der Waals surface area contributed by atoms with Crippen molar-refractivity contribution in [2.45, 2.75) is 25.8 Å². The van der Waals surface area contributed by atoms with Crippen molar-refractivity contribution >= 4 is 11.6 Å². The summed E-state index contributed by atoms with van der Waals surface area (Å²) in [6.45, 7) is 2.40. The number of hydrogen-bond acceptors (Lipinski definition) is 4. The van der Waals surface area contributed by atoms with Crippen LogP contribution in [-0.2, 0) is 11.3 Å². The first-order chi connectivity index (χ1) is 10.3. The molecule has 0 bridgehead atoms. The second-order valence-electron chi connectivity index (χ2n) is 5.27. The molecule has 0 radical (unpaired) electrons. The molecule has 1 aliphatic heterocycles. The molecule has 0 aliphatic carbocycles. The number of nitrogens with two attached hydrogens (primary N) is 1. The van der Waals surface area contributed by atoms with E-state index in [1.165, 1.54) is 0 Å². The van der Waals surface area contributed by atoms with Gasteiger partial charge in [-0.2, -0.15) is 0 Å². The van der Waals surface area contributed by atoms with Gasteiger partial charge in [0.25, 0.3) is 0 Å². The molecule has 6 nitrogen and oxygen atoms in total. The van der Waals surface area contributed by atoms with E-state index in [4.69, 9.17) is 5.73 Å². The van der Waals surface area contributed by atoms with Gasteiger partial charge in [-0.25, -0.2) is 4.98 Å². The Bertz CT molecular complexity index is 630. The van der Waals surface area contributed by atoms with E-state index in [2.05, 4.69) is 9.97 Å². The quantitative estimate of drug-likeness (QED) is 0.924. The molecule has 0 aromatic carbocycles. The van der Waals surface area contributed by atoms with Gasteiger partial charge in [-0.3, -0.25) is 9.78 Å². The van der Waals surface area contributed by atoms with Crippen molar-refractivity contribution in [2.24, 2.45) is 0 Å². The Morgan fingerprint density at radius 2 is 2.05 bits per heavy atom. The Morgan fingerprint density at radius 3 is 2.81 bits per heavy atom. The van der Waals surface area contributed by atoms with Gasteiger partial charge in [-0.15, -0.1) is 0 Å². The lowest BCUT2D eigenvalue weighted by molar-refractivity contribution is -0.130. The average Bonchev–Trinajstić information content (AvgIpc) is 3.17. The van der Waals surface area contributed by atoms with Gasteiger partial charge in [-0.05, 0) is 18.9 Å². The van der Waals surface area contributed by atoms with Crippen molar-refractivity contribution < 1.29 is 4.79 Å². The second kappa shape index (κ2) is 5.95. The summed E-state index contributed by atoms with van der Waals surface area (Å²) in [5, 5.41) is 0. The first-order valence-electron chi connectivity index (χ1n) is 7.23. The number of nitrogens with zero attached hydrogens (tertiary/aromatic N) is 4. The fourth-order valence-electron chi connectivity index (χ4n) is 2.68. The summed E-state index contributed by atoms with van der Waals surface area (Å²) in [6.07, 6.45) is 9.61. The predicted octanol–water partition coefficient (Wildman–Crippen LogP) is 1.54. The molecular weight excluding hydrogens is 266 g/mol. The summed E-state index contributed by atoms with van der Waals surface area (Å²) >= 11 is 0. The molecule has 1 saturated heterocycles. The molecule has 0 spiro atoms. The molecule has 1 aliphatic rings. The Labute approximate surface area is 123 Å². The number of aromatic nitrogens is 3. The van der Waals surface area contributed by atoms with Gasteiger partial charge in [0.15, 0.2) is 0 Å². The molecule has 3 heterocycles. The van der Waals surface area contributed by atoms with Crippen LogP contribution < -0.4 is 5.73 Å². The van der Waals surface area contributed by atoms with Crippen molar-refractivity contribution in [3.8, 4) is 11.3 Å². The Balaban J connectivity index is 1.71. The number of hydrogen-bond donors (Lipinski definition) is 1. The van der Waals surface area contributed by atoms with Crippen LogP contribution in [-0.4, -0.2) is 38.4 Å². The summed E-state index contributed by atoms with van der Waals surface area (Å²) in [7, 11) is 0. The maximum absolute atomic E-state index is 12.1. The zero-order valence-corrected chi connectivity index (χ0v) is 11.9. The van der Waals surface area contributed by atoms with Crippen molar-refractivity contribution in [1.29, 1.82) is 0 Å². The van der Waals surface area contributed by atoms with Gasteiger partial charge in [-0.1, -0.05) is 0 Å². The highest BCUT2D eigenvalue weighted by Crippen LogP contribution is 2.24. The van der Waals surface area contributed by atoms with Gasteiger partial charge in [0.1, 0.15) is 0 Å². The minimum Gasteiger partial charge on any atom is -0.398 e. The third-order valence-electron chi connectivity index (χ3n) is 3.87. The van der Waals surface area contributed by atoms with Crippen LogP contribution in [0.25, 0.3) is 11.3 Å². The Kier molecular flexibility index (Phi) is 3.85. The highest BCUT2D eigenvalue weighted by Gasteiger charge is 2.18. The monoisotopic (exact) mass is 285 g/mol. The predicted molar refractivity (Wildman–Crippen MR) is 80.3 cm³/mol. The molecule has 0 saturated carbocycles. The molecule has 2 aromatic rings. The van der Waals surface area contributed by atoms with E-state index in [0.29, 0.717) is 18.7 Å². The molecule has 2 N–H and O–H groups in total. The van der Waals surface area contributed by atoms with Crippen LogP contribution in [0.2, 0.25) is 0 Å². The van der Waals surface area contributed by atoms with E-state index in [-0.39, 0.29) is 5.91 Å². The molecule has 6 heteroatoms. The maximum Gasteiger partial charge on any atom is 0.224 e. The summed E-state index contributed by atoms with van der Waals surface area (Å²) in [6, 6.07) is 1.77. The number of likely N-dealkylation sites (tertiary alicyclic amines) is 1. The standard InChI is InChI=1S/C15H19N5O/c16-13-3-5-17-9-12(13)14-10-18-11-20(14)8-4-15(21)19-6-1-2-7-19/h3,5,9-11H,1-2,4,6-8H2,(H2,16,17). The van der Waals surface area contributed by atoms with Gasteiger partial charge in [0, 0.05) is 49.7 Å². The number of aryl methyl sites for hydroxylation is 1. The highest BCUT2D eigenvalue weighted by atomic mass is 16.2. The topological polar surface area (TPSA) is 77.0 Å². The average molecular weight is 285 g/mol. The molecule has 2 aromatic heterocycles. The fraction of sp³-hybridized carbons (Fsp3) is 0.400. The van der Waals surface area contributed by atoms with Gasteiger partial charge >= 0.3 is 0 Å². The second-order valence-corrected chi connectivity index (χ2v) is 5.27. The zero-order valence-electron chi connectivity index (χ0n) is 11.9. The first kappa shape index (κ1) is 13.6. The molecule has 0 unspecified atom stereocenters. The van der Waals surface area contributed by atoms with Gasteiger partial charge in [0.05, 0.1) is 18.2 Å². The minimum absolute atomic E-state index is 0.214. The van der Waals surface area contributed by atoms with Crippen molar-refractivity contribution in [2.75, 3.05) is 18.8 Å². The van der Waals surface area contributed by atoms with Crippen molar-refractivity contribution in [3.63, 3.8) is 0 Å². The summed E-state index contributed by atoms with van der Waals surface area (Å²) in [4.78, 5) is 22.3. The zero-order chi connectivity index (χ0) is 14.7. The van der Waals surface area contributed by atoms with Crippen LogP contribution in [0.4, 0.5) is 5.69 Å². The van der Waals surface area contributed by atoms with Crippen LogP contribution in [0.3, 0.4) is 0 Å². The van der Waals surface area contributed by atoms with Crippen LogP contribution in [0, 0.1) is 0 Å². The van der Waals surface area contributed by atoms with E-state index in [1.54, 1.807) is 31.0 Å². The number of carbonyl (C=O) groups excluding carboxylic acids is 1. The normalized spacial score (nSPS) is 14.6. The first-order valence-corrected chi connectivity index (χ1v) is 7.23. The number of amides is 1. The SMILES string of the molecule is Nc1ccncc1-c1cncn1CCC(=O)N1CCCC1. The van der Waals surface area contributed by atoms with Crippen LogP contribution >= 0.6 is 0 Å². The number of rotatable bonds is 4. The van der Waals surface area contributed by atoms with Gasteiger partial charge < -0.3 is 15.2 Å². The molecule has 21 heavy (non-hydrogen) atoms. The van der Waals surface area contributed by atoms with E-state index in [9.17, 15) is 4.79 Å². The van der Waals surface area contributed by atoms with Crippen LogP contribution in [0.5, 0.6) is 0 Å². The molecular formula is C15H19N5O. The third-order valence-corrected chi connectivity index (χ3v) is 3.87. The minimum atomic E-state index is 0.214. The van der Waals surface area contributed by atoms with Gasteiger partial charge in [0.2, 0.25) is 5.91 Å². The van der Waals surface area contributed by atoms with E-state index in [1.807, 2.05) is 9.47 Å². The van der Waals surface area contributed by atoms with Crippen LogP contribution in [0.15, 0.2) is 31.0 Å². The summed E-state index contributed by atoms with van der Waals surface area (Å²) < 4.78 is 1.96. The van der Waals surface area contributed by atoms with Crippen LogP contribution in [0.1, 0.15) is 19.3 Å². The lowest BCUT2D eigenvalue weighted by Gasteiger charge is -2.16. The largest absolute Gasteiger partial charge is 0.398 e. The lowest BCUT2D eigenvalue weighted by Crippen LogP contribution is -2.28. The molecule has 1 fully saturated rings. The third kappa shape index (κ3) is 2.89. The molecule has 0 atom stereocenters. The van der Waals surface area contributed by atoms with E-state index < -0.39 is 0 Å². The smallest absolute Gasteiger partial charge is 0.224 e. The molecule has 3 rings (SSSR count). The summed E-state index contributed by atoms with van der Waals surface area (Å²) in [5.41, 5.74) is 8.39. The number of carbonyl (C=O) groups is 1. The van der Waals surface area contributed by atoms with Crippen molar-refractivity contribution in [1.82, 2.24) is 19.4 Å². The molecule has 1 amide bonds. The van der Waals surface area contributed by atoms with E-state index >= 15 is 0 Å². The molecule has 110 valence electrons. The number of imidazole rings is 1. The Hall–Kier alpha value is -2.37. The van der Waals surface area contributed by atoms with E-state index in [0.717, 1.165) is 37.2 Å². The number of nitrogen functional groups attached to an aromatic ring is 1. The fourth-order valence-corrected chi connectivity index (χ4v) is 2.68. The summed E-state index contributed by atoms with van der Waals surface area (Å²) in [5.74, 6) is 0.214. The Morgan fingerprint density at radius 1 is 1.24 bits per heavy atom.